The summed E-state index contributed by atoms with van der Waals surface area (Å²) in [5, 5.41) is 11.7. The van der Waals surface area contributed by atoms with Gasteiger partial charge in [-0.2, -0.15) is 0 Å². The monoisotopic (exact) mass is 287 g/mol. The molecule has 3 nitrogen and oxygen atoms in total. The van der Waals surface area contributed by atoms with Crippen molar-refractivity contribution in [2.45, 2.75) is 25.0 Å². The van der Waals surface area contributed by atoms with E-state index < -0.39 is 11.7 Å². The zero-order valence-corrected chi connectivity index (χ0v) is 10.00. The Morgan fingerprint density at radius 3 is 2.81 bits per heavy atom. The minimum atomic E-state index is -0.541. The molecule has 1 aromatic rings. The first-order valence-corrected chi connectivity index (χ1v) is 5.79. The van der Waals surface area contributed by atoms with Crippen LogP contribution in [0.15, 0.2) is 22.7 Å². The number of rotatable bonds is 2. The lowest BCUT2D eigenvalue weighted by molar-refractivity contribution is 0.0561. The van der Waals surface area contributed by atoms with Crippen molar-refractivity contribution >= 4 is 21.8 Å². The normalized spacial score (nSPS) is 23.7. The van der Waals surface area contributed by atoms with Gasteiger partial charge in [-0.25, -0.2) is 4.39 Å². The summed E-state index contributed by atoms with van der Waals surface area (Å²) in [6.45, 7) is 0. The first-order valence-electron chi connectivity index (χ1n) is 5.00. The van der Waals surface area contributed by atoms with E-state index in [1.807, 2.05) is 0 Å². The van der Waals surface area contributed by atoms with Crippen molar-refractivity contribution < 1.29 is 14.3 Å². The Balaban J connectivity index is 2.05. The molecule has 86 valence electrons. The third kappa shape index (κ3) is 2.41. The van der Waals surface area contributed by atoms with Gasteiger partial charge < -0.3 is 10.4 Å². The Kier molecular flexibility index (Phi) is 3.25. The molecule has 0 unspecified atom stereocenters. The molecular formula is C11H11BrFNO2. The number of halogens is 2. The summed E-state index contributed by atoms with van der Waals surface area (Å²) in [4.78, 5) is 11.7. The second kappa shape index (κ2) is 4.51. The average molecular weight is 288 g/mol. The quantitative estimate of drug-likeness (QED) is 0.872. The van der Waals surface area contributed by atoms with E-state index in [1.54, 1.807) is 6.07 Å². The van der Waals surface area contributed by atoms with E-state index in [0.29, 0.717) is 17.3 Å². The number of hydrogen-bond donors (Lipinski definition) is 2. The Hall–Kier alpha value is -0.940. The molecule has 0 aromatic heterocycles. The molecular weight excluding hydrogens is 277 g/mol. The summed E-state index contributed by atoms with van der Waals surface area (Å²) in [5.41, 5.74) is 0.0239. The maximum Gasteiger partial charge on any atom is 0.254 e. The van der Waals surface area contributed by atoms with Gasteiger partial charge in [0, 0.05) is 10.5 Å². The van der Waals surface area contributed by atoms with E-state index >= 15 is 0 Å². The lowest BCUT2D eigenvalue weighted by Crippen LogP contribution is -2.46. The average Bonchev–Trinajstić information content (AvgIpc) is 2.19. The number of carbonyl (C=O) groups is 1. The fourth-order valence-electron chi connectivity index (χ4n) is 1.64. The van der Waals surface area contributed by atoms with Crippen LogP contribution in [0.4, 0.5) is 4.39 Å². The standard InChI is InChI=1S/C11H11BrFNO2/c12-6-1-2-10(13)9(3-6)11(16)14-7-4-8(15)5-7/h1-3,7-8,15H,4-5H2,(H,14,16). The van der Waals surface area contributed by atoms with E-state index in [1.165, 1.54) is 12.1 Å². The molecule has 0 spiro atoms. The van der Waals surface area contributed by atoms with Crippen LogP contribution in [0.1, 0.15) is 23.2 Å². The second-order valence-corrected chi connectivity index (χ2v) is 4.84. The van der Waals surface area contributed by atoms with E-state index in [9.17, 15) is 9.18 Å². The van der Waals surface area contributed by atoms with Crippen molar-refractivity contribution in [3.8, 4) is 0 Å². The molecule has 1 aromatic carbocycles. The molecule has 1 aliphatic rings. The molecule has 2 N–H and O–H groups in total. The highest BCUT2D eigenvalue weighted by Gasteiger charge is 2.29. The SMILES string of the molecule is O=C(NC1CC(O)C1)c1cc(Br)ccc1F. The molecule has 0 atom stereocenters. The Morgan fingerprint density at radius 2 is 2.19 bits per heavy atom. The Labute approximate surface area is 101 Å². The van der Waals surface area contributed by atoms with Crippen LogP contribution in [-0.2, 0) is 0 Å². The van der Waals surface area contributed by atoms with Crippen molar-refractivity contribution in [1.82, 2.24) is 5.32 Å². The van der Waals surface area contributed by atoms with E-state index in [-0.39, 0.29) is 17.7 Å². The van der Waals surface area contributed by atoms with Gasteiger partial charge in [-0.05, 0) is 31.0 Å². The van der Waals surface area contributed by atoms with Crippen LogP contribution in [0.3, 0.4) is 0 Å². The van der Waals surface area contributed by atoms with Gasteiger partial charge in [0.1, 0.15) is 5.82 Å². The van der Waals surface area contributed by atoms with Crippen molar-refractivity contribution in [3.63, 3.8) is 0 Å². The summed E-state index contributed by atoms with van der Waals surface area (Å²) in [6.07, 6.45) is 0.751. The van der Waals surface area contributed by atoms with Crippen LogP contribution in [0.2, 0.25) is 0 Å². The number of aliphatic hydroxyl groups is 1. The molecule has 5 heteroatoms. The van der Waals surface area contributed by atoms with E-state index in [2.05, 4.69) is 21.2 Å². The van der Waals surface area contributed by atoms with Crippen LogP contribution in [-0.4, -0.2) is 23.2 Å². The molecule has 1 aliphatic carbocycles. The van der Waals surface area contributed by atoms with Crippen molar-refractivity contribution in [3.05, 3.63) is 34.1 Å². The highest BCUT2D eigenvalue weighted by atomic mass is 79.9. The first-order chi connectivity index (χ1) is 7.56. The van der Waals surface area contributed by atoms with Crippen LogP contribution >= 0.6 is 15.9 Å². The number of amides is 1. The number of aliphatic hydroxyl groups excluding tert-OH is 1. The predicted octanol–water partition coefficient (Wildman–Crippen LogP) is 1.84. The van der Waals surface area contributed by atoms with Gasteiger partial charge in [0.15, 0.2) is 0 Å². The minimum Gasteiger partial charge on any atom is -0.393 e. The molecule has 0 aliphatic heterocycles. The van der Waals surface area contributed by atoms with Gasteiger partial charge >= 0.3 is 0 Å². The van der Waals surface area contributed by atoms with Crippen LogP contribution in [0.25, 0.3) is 0 Å². The maximum absolute atomic E-state index is 13.3. The van der Waals surface area contributed by atoms with Gasteiger partial charge in [-0.15, -0.1) is 0 Å². The molecule has 0 bridgehead atoms. The summed E-state index contributed by atoms with van der Waals surface area (Å²) in [5.74, 6) is -0.976. The lowest BCUT2D eigenvalue weighted by Gasteiger charge is -2.31. The largest absolute Gasteiger partial charge is 0.393 e. The number of hydrogen-bond acceptors (Lipinski definition) is 2. The number of carbonyl (C=O) groups excluding carboxylic acids is 1. The molecule has 1 fully saturated rings. The highest BCUT2D eigenvalue weighted by Crippen LogP contribution is 2.21. The van der Waals surface area contributed by atoms with Crippen LogP contribution in [0, 0.1) is 5.82 Å². The first kappa shape index (κ1) is 11.5. The molecule has 1 saturated carbocycles. The smallest absolute Gasteiger partial charge is 0.254 e. The zero-order valence-electron chi connectivity index (χ0n) is 8.41. The fourth-order valence-corrected chi connectivity index (χ4v) is 2.00. The van der Waals surface area contributed by atoms with Gasteiger partial charge in [0.05, 0.1) is 11.7 Å². The molecule has 2 rings (SSSR count). The Morgan fingerprint density at radius 1 is 1.50 bits per heavy atom. The number of nitrogens with one attached hydrogen (secondary N) is 1. The molecule has 1 amide bonds. The van der Waals surface area contributed by atoms with Gasteiger partial charge in [0.25, 0.3) is 5.91 Å². The lowest BCUT2D eigenvalue weighted by atomic mass is 9.89. The number of benzene rings is 1. The second-order valence-electron chi connectivity index (χ2n) is 3.92. The van der Waals surface area contributed by atoms with E-state index in [4.69, 9.17) is 5.11 Å². The zero-order chi connectivity index (χ0) is 11.7. The van der Waals surface area contributed by atoms with Crippen molar-refractivity contribution in [1.29, 1.82) is 0 Å². The molecule has 0 heterocycles. The van der Waals surface area contributed by atoms with Crippen LogP contribution < -0.4 is 5.32 Å². The minimum absolute atomic E-state index is 0.0239. The molecule has 0 saturated heterocycles. The molecule has 16 heavy (non-hydrogen) atoms. The molecule has 0 radical (unpaired) electrons. The van der Waals surface area contributed by atoms with E-state index in [0.717, 1.165) is 0 Å². The van der Waals surface area contributed by atoms with Gasteiger partial charge in [-0.3, -0.25) is 4.79 Å². The third-order valence-electron chi connectivity index (χ3n) is 2.62. The predicted molar refractivity (Wildman–Crippen MR) is 60.6 cm³/mol. The van der Waals surface area contributed by atoms with Gasteiger partial charge in [-0.1, -0.05) is 15.9 Å². The van der Waals surface area contributed by atoms with Crippen molar-refractivity contribution in [2.75, 3.05) is 0 Å². The summed E-state index contributed by atoms with van der Waals surface area (Å²) in [6, 6.07) is 4.19. The maximum atomic E-state index is 13.3. The summed E-state index contributed by atoms with van der Waals surface area (Å²) < 4.78 is 14.0. The van der Waals surface area contributed by atoms with Crippen molar-refractivity contribution in [2.24, 2.45) is 0 Å². The highest BCUT2D eigenvalue weighted by molar-refractivity contribution is 9.10. The van der Waals surface area contributed by atoms with Crippen LogP contribution in [0.5, 0.6) is 0 Å². The summed E-state index contributed by atoms with van der Waals surface area (Å²) >= 11 is 3.18. The Bertz CT molecular complexity index is 418. The fraction of sp³-hybridized carbons (Fsp3) is 0.364. The third-order valence-corrected chi connectivity index (χ3v) is 3.11. The summed E-state index contributed by atoms with van der Waals surface area (Å²) in [7, 11) is 0. The topological polar surface area (TPSA) is 49.3 Å². The van der Waals surface area contributed by atoms with Gasteiger partial charge in [0.2, 0.25) is 0 Å².